The predicted octanol–water partition coefficient (Wildman–Crippen LogP) is 7.14. The van der Waals surface area contributed by atoms with Crippen molar-refractivity contribution < 1.29 is 23.2 Å². The first-order chi connectivity index (χ1) is 18.1. The van der Waals surface area contributed by atoms with Crippen LogP contribution in [-0.2, 0) is 14.0 Å². The third kappa shape index (κ3) is 5.17. The summed E-state index contributed by atoms with van der Waals surface area (Å²) in [5, 5.41) is 2.82. The summed E-state index contributed by atoms with van der Waals surface area (Å²) in [5.41, 5.74) is 4.38. The number of alkyl carbamates (subject to hydrolysis) is 1. The molecule has 0 radical (unpaired) electrons. The molecule has 0 bridgehead atoms. The molecule has 196 valence electrons. The molecule has 0 saturated carbocycles. The standard InChI is InChI=1S/C30H30BBrFNO4/c1-29(2)30(3,4)38-31(37-29)20(15-19-16-21(32)13-14-27(19)33)17-34-28(35)36-18-26-24-11-7-5-9-22(24)23-10-6-8-12-25(23)26/h5-16,26H,17-18H2,1-4H3,(H,34,35). The first kappa shape index (κ1) is 26.7. The molecule has 0 aromatic heterocycles. The number of fused-ring (bicyclic) bond motifs is 3. The highest BCUT2D eigenvalue weighted by atomic mass is 79.9. The van der Waals surface area contributed by atoms with E-state index in [1.165, 1.54) is 17.2 Å². The van der Waals surface area contributed by atoms with Gasteiger partial charge in [0.1, 0.15) is 12.4 Å². The highest BCUT2D eigenvalue weighted by molar-refractivity contribution is 9.10. The number of ether oxygens (including phenoxy) is 1. The topological polar surface area (TPSA) is 56.8 Å². The minimum atomic E-state index is -0.757. The highest BCUT2D eigenvalue weighted by Gasteiger charge is 2.52. The lowest BCUT2D eigenvalue weighted by atomic mass is 9.77. The molecule has 8 heteroatoms. The fraction of sp³-hybridized carbons (Fsp3) is 0.300. The van der Waals surface area contributed by atoms with Crippen LogP contribution in [0.5, 0.6) is 0 Å². The maximum atomic E-state index is 14.6. The lowest BCUT2D eigenvalue weighted by Crippen LogP contribution is -2.41. The number of amides is 1. The Hall–Kier alpha value is -2.94. The maximum Gasteiger partial charge on any atom is 0.492 e. The van der Waals surface area contributed by atoms with Crippen molar-refractivity contribution in [3.8, 4) is 11.1 Å². The largest absolute Gasteiger partial charge is 0.492 e. The molecule has 1 fully saturated rings. The highest BCUT2D eigenvalue weighted by Crippen LogP contribution is 2.44. The molecule has 1 aliphatic carbocycles. The van der Waals surface area contributed by atoms with Crippen molar-refractivity contribution in [1.82, 2.24) is 5.32 Å². The summed E-state index contributed by atoms with van der Waals surface area (Å²) in [6, 6.07) is 21.1. The van der Waals surface area contributed by atoms with E-state index in [2.05, 4.69) is 45.5 Å². The third-order valence-electron chi connectivity index (χ3n) is 7.64. The number of carbonyl (C=O) groups is 1. The molecule has 1 saturated heterocycles. The summed E-state index contributed by atoms with van der Waals surface area (Å²) in [7, 11) is -0.757. The summed E-state index contributed by atoms with van der Waals surface area (Å²) < 4.78 is 33.4. The monoisotopic (exact) mass is 577 g/mol. The SMILES string of the molecule is CC1(C)OB(C(=Cc2cc(Br)ccc2F)CNC(=O)OCC2c3ccccc3-c3ccccc32)OC1(C)C. The van der Waals surface area contributed by atoms with Gasteiger partial charge in [-0.2, -0.15) is 0 Å². The Balaban J connectivity index is 1.31. The van der Waals surface area contributed by atoms with Gasteiger partial charge in [0, 0.05) is 22.5 Å². The average Bonchev–Trinajstić information content (AvgIpc) is 3.31. The summed E-state index contributed by atoms with van der Waals surface area (Å²) >= 11 is 3.40. The number of hydrogen-bond acceptors (Lipinski definition) is 4. The number of benzene rings is 3. The molecule has 38 heavy (non-hydrogen) atoms. The van der Waals surface area contributed by atoms with Crippen LogP contribution in [-0.4, -0.2) is 37.6 Å². The van der Waals surface area contributed by atoms with Gasteiger partial charge >= 0.3 is 13.2 Å². The van der Waals surface area contributed by atoms with Crippen molar-refractivity contribution in [3.63, 3.8) is 0 Å². The molecule has 0 atom stereocenters. The van der Waals surface area contributed by atoms with Crippen molar-refractivity contribution in [1.29, 1.82) is 0 Å². The summed E-state index contributed by atoms with van der Waals surface area (Å²) in [6.07, 6.45) is 1.09. The molecule has 0 spiro atoms. The molecule has 5 rings (SSSR count). The number of nitrogens with one attached hydrogen (secondary N) is 1. The second-order valence-corrected chi connectivity index (χ2v) is 11.6. The van der Waals surface area contributed by atoms with Crippen LogP contribution in [0.15, 0.2) is 76.7 Å². The zero-order valence-electron chi connectivity index (χ0n) is 21.9. The van der Waals surface area contributed by atoms with Crippen molar-refractivity contribution in [2.45, 2.75) is 44.8 Å². The molecular formula is C30H30BBrFNO4. The summed E-state index contributed by atoms with van der Waals surface area (Å²) in [5.74, 6) is -0.426. The Morgan fingerprint density at radius 1 is 1.00 bits per heavy atom. The Morgan fingerprint density at radius 3 is 2.18 bits per heavy atom. The fourth-order valence-corrected chi connectivity index (χ4v) is 5.22. The van der Waals surface area contributed by atoms with E-state index in [-0.39, 0.29) is 24.9 Å². The van der Waals surface area contributed by atoms with Crippen LogP contribution in [0, 0.1) is 5.82 Å². The van der Waals surface area contributed by atoms with Gasteiger partial charge in [0.15, 0.2) is 0 Å². The Kier molecular flexibility index (Phi) is 7.24. The molecule has 1 amide bonds. The van der Waals surface area contributed by atoms with E-state index in [0.717, 1.165) is 15.6 Å². The van der Waals surface area contributed by atoms with Crippen LogP contribution < -0.4 is 5.32 Å². The zero-order chi connectivity index (χ0) is 27.1. The second kappa shape index (κ2) is 10.3. The van der Waals surface area contributed by atoms with Gasteiger partial charge in [-0.25, -0.2) is 9.18 Å². The average molecular weight is 578 g/mol. The van der Waals surface area contributed by atoms with Crippen LogP contribution in [0.1, 0.15) is 50.3 Å². The number of rotatable bonds is 6. The lowest BCUT2D eigenvalue weighted by molar-refractivity contribution is 0.00578. The third-order valence-corrected chi connectivity index (χ3v) is 8.13. The maximum absolute atomic E-state index is 14.6. The van der Waals surface area contributed by atoms with E-state index in [0.29, 0.717) is 11.0 Å². The molecule has 1 heterocycles. The van der Waals surface area contributed by atoms with Crippen molar-refractivity contribution in [2.24, 2.45) is 0 Å². The molecule has 3 aromatic carbocycles. The van der Waals surface area contributed by atoms with Gasteiger partial charge in [-0.15, -0.1) is 0 Å². The molecule has 5 nitrogen and oxygen atoms in total. The summed E-state index contributed by atoms with van der Waals surface area (Å²) in [6.45, 7) is 8.06. The normalized spacial score (nSPS) is 17.7. The molecule has 1 aliphatic heterocycles. The van der Waals surface area contributed by atoms with Crippen molar-refractivity contribution >= 4 is 35.2 Å². The molecule has 1 N–H and O–H groups in total. The predicted molar refractivity (Wildman–Crippen MR) is 151 cm³/mol. The zero-order valence-corrected chi connectivity index (χ0v) is 23.5. The van der Waals surface area contributed by atoms with Crippen LogP contribution >= 0.6 is 15.9 Å². The minimum Gasteiger partial charge on any atom is -0.449 e. The van der Waals surface area contributed by atoms with Gasteiger partial charge in [-0.05, 0) is 73.6 Å². The van der Waals surface area contributed by atoms with E-state index in [1.54, 1.807) is 18.2 Å². The first-order valence-corrected chi connectivity index (χ1v) is 13.4. The van der Waals surface area contributed by atoms with E-state index in [9.17, 15) is 9.18 Å². The van der Waals surface area contributed by atoms with Gasteiger partial charge in [-0.3, -0.25) is 0 Å². The Bertz CT molecular complexity index is 1350. The number of carbonyl (C=O) groups excluding carboxylic acids is 1. The van der Waals surface area contributed by atoms with Crippen LogP contribution in [0.25, 0.3) is 17.2 Å². The minimum absolute atomic E-state index is 0.0398. The first-order valence-electron chi connectivity index (χ1n) is 12.7. The second-order valence-electron chi connectivity index (χ2n) is 10.7. The Morgan fingerprint density at radius 2 is 1.58 bits per heavy atom. The lowest BCUT2D eigenvalue weighted by Gasteiger charge is -2.32. The van der Waals surface area contributed by atoms with E-state index < -0.39 is 24.4 Å². The summed E-state index contributed by atoms with van der Waals surface area (Å²) in [4.78, 5) is 12.8. The molecular weight excluding hydrogens is 548 g/mol. The van der Waals surface area contributed by atoms with Gasteiger partial charge in [-0.1, -0.05) is 70.5 Å². The van der Waals surface area contributed by atoms with Gasteiger partial charge in [0.25, 0.3) is 0 Å². The van der Waals surface area contributed by atoms with Crippen LogP contribution in [0.3, 0.4) is 0 Å². The van der Waals surface area contributed by atoms with Crippen molar-refractivity contribution in [2.75, 3.05) is 13.2 Å². The smallest absolute Gasteiger partial charge is 0.449 e. The number of halogens is 2. The molecule has 2 aliphatic rings. The quantitative estimate of drug-likeness (QED) is 0.316. The number of hydrogen-bond donors (Lipinski definition) is 1. The fourth-order valence-electron chi connectivity index (χ4n) is 4.85. The van der Waals surface area contributed by atoms with Gasteiger partial charge in [0.2, 0.25) is 0 Å². The van der Waals surface area contributed by atoms with Crippen molar-refractivity contribution in [3.05, 3.63) is 99.2 Å². The Labute approximate surface area is 231 Å². The van der Waals surface area contributed by atoms with Crippen LogP contribution in [0.4, 0.5) is 9.18 Å². The van der Waals surface area contributed by atoms with Crippen LogP contribution in [0.2, 0.25) is 0 Å². The molecule has 3 aromatic rings. The van der Waals surface area contributed by atoms with E-state index in [4.69, 9.17) is 14.0 Å². The molecule has 0 unspecified atom stereocenters. The van der Waals surface area contributed by atoms with Gasteiger partial charge < -0.3 is 19.4 Å². The van der Waals surface area contributed by atoms with E-state index >= 15 is 0 Å². The van der Waals surface area contributed by atoms with Gasteiger partial charge in [0.05, 0.1) is 11.2 Å². The van der Waals surface area contributed by atoms with E-state index in [1.807, 2.05) is 52.0 Å².